The first-order chi connectivity index (χ1) is 41.3. The van der Waals surface area contributed by atoms with Crippen LogP contribution in [0, 0.1) is 23.7 Å². The molecule has 0 saturated carbocycles. The van der Waals surface area contributed by atoms with Gasteiger partial charge in [0.05, 0.1) is 6.04 Å². The molecule has 1 rings (SSSR count). The molecule has 10 atom stereocenters. The smallest absolute Gasteiger partial charge is 0.303 e. The molecule has 0 fully saturated rings. The lowest BCUT2D eigenvalue weighted by Gasteiger charge is -2.30. The van der Waals surface area contributed by atoms with E-state index in [4.69, 9.17) is 33.8 Å². The van der Waals surface area contributed by atoms with Crippen molar-refractivity contribution in [2.45, 2.75) is 219 Å². The van der Waals surface area contributed by atoms with Crippen molar-refractivity contribution in [3.05, 3.63) is 35.9 Å². The van der Waals surface area contributed by atoms with E-state index in [1.165, 1.54) is 0 Å². The van der Waals surface area contributed by atoms with Crippen LogP contribution >= 0.6 is 0 Å². The van der Waals surface area contributed by atoms with Crippen LogP contribution in [0.15, 0.2) is 30.3 Å². The Balaban J connectivity index is 3.61. The zero-order chi connectivity index (χ0) is 66.8. The second-order valence-corrected chi connectivity index (χ2v) is 23.7. The first-order valence-electron chi connectivity index (χ1n) is 30.2. The van der Waals surface area contributed by atoms with E-state index in [2.05, 4.69) is 47.9 Å². The Hall–Kier alpha value is -7.79. The van der Waals surface area contributed by atoms with Gasteiger partial charge < -0.3 is 86.7 Å². The number of nitrogens with one attached hydrogen (secondary N) is 9. The SMILES string of the molecule is CC(C)C[C@H](NC(=O)[C@H](CCCCN)NC(=O)[C@H](CCC(N)=O)NC(=O)[C@@H](N)CCCCN)C(=O)N[C@@H](CC(C)C)C(=O)N[C@H](C(=O)N[C@@H](Cc1ccccc1)C(=O)N[C@@H](CC(C)C)C(=O)N[C@@H](CCC(=O)O)C(=O)N[C@@H](CCC(=O)O)C(N)=O)C(C)C. The highest BCUT2D eigenvalue weighted by Crippen LogP contribution is 2.15. The van der Waals surface area contributed by atoms with E-state index in [0.717, 1.165) is 0 Å². The van der Waals surface area contributed by atoms with E-state index in [-0.39, 0.29) is 75.7 Å². The van der Waals surface area contributed by atoms with Crippen LogP contribution in [0.2, 0.25) is 0 Å². The summed E-state index contributed by atoms with van der Waals surface area (Å²) in [5.74, 6) is -13.3. The Bertz CT molecular complexity index is 2460. The van der Waals surface area contributed by atoms with Crippen molar-refractivity contribution in [2.24, 2.45) is 52.3 Å². The number of aliphatic carboxylic acids is 2. The second kappa shape index (κ2) is 41.4. The van der Waals surface area contributed by atoms with Gasteiger partial charge >= 0.3 is 11.9 Å². The van der Waals surface area contributed by atoms with Gasteiger partial charge in [-0.3, -0.25) is 62.3 Å². The fourth-order valence-electron chi connectivity index (χ4n) is 9.18. The van der Waals surface area contributed by atoms with E-state index in [0.29, 0.717) is 37.8 Å². The third-order valence-electron chi connectivity index (χ3n) is 14.0. The normalized spacial score (nSPS) is 14.7. The highest BCUT2D eigenvalue weighted by Gasteiger charge is 2.37. The molecular weight excluding hydrogens is 1140 g/mol. The Morgan fingerprint density at radius 3 is 1.14 bits per heavy atom. The average Bonchev–Trinajstić information content (AvgIpc) is 1.76. The van der Waals surface area contributed by atoms with Crippen molar-refractivity contribution in [2.75, 3.05) is 13.1 Å². The number of unbranched alkanes of at least 4 members (excludes halogenated alkanes) is 2. The van der Waals surface area contributed by atoms with Crippen molar-refractivity contribution in [1.82, 2.24) is 47.9 Å². The molecule has 496 valence electrons. The van der Waals surface area contributed by atoms with Crippen molar-refractivity contribution in [3.63, 3.8) is 0 Å². The largest absolute Gasteiger partial charge is 0.481 e. The van der Waals surface area contributed by atoms with Crippen molar-refractivity contribution >= 4 is 76.9 Å². The van der Waals surface area contributed by atoms with Gasteiger partial charge in [0.15, 0.2) is 0 Å². The first kappa shape index (κ1) is 78.2. The number of carboxylic acids is 2. The highest BCUT2D eigenvalue weighted by atomic mass is 16.4. The first-order valence-corrected chi connectivity index (χ1v) is 30.2. The van der Waals surface area contributed by atoms with Crippen LogP contribution in [0.1, 0.15) is 157 Å². The number of carbonyl (C=O) groups is 13. The molecule has 0 heterocycles. The minimum Gasteiger partial charge on any atom is -0.481 e. The number of rotatable bonds is 45. The predicted molar refractivity (Wildman–Crippen MR) is 326 cm³/mol. The van der Waals surface area contributed by atoms with Crippen LogP contribution in [0.5, 0.6) is 0 Å². The highest BCUT2D eigenvalue weighted by molar-refractivity contribution is 5.99. The molecule has 0 aliphatic carbocycles. The molecular formula is C59H100N14O15. The Labute approximate surface area is 515 Å². The van der Waals surface area contributed by atoms with Crippen molar-refractivity contribution in [3.8, 4) is 0 Å². The van der Waals surface area contributed by atoms with E-state index in [9.17, 15) is 67.4 Å². The standard InChI is InChI=1S/C59H100N14O15/c1-32(2)28-42(55(84)68-41(22-25-48(77)78)53(82)65-38(50(64)79)21-24-47(75)76)70-57(86)45(31-36-16-10-9-11-17-36)72-59(88)49(35(7)8)73-58(87)44(30-34(5)6)71-56(85)43(29-33(3)4)69-52(81)39(19-13-15-27-61)67-54(83)40(20-23-46(63)74)66-51(80)37(62)18-12-14-26-60/h9-11,16-17,32-35,37-45,49H,12-15,18-31,60-62H2,1-8H3,(H2,63,74)(H2,64,79)(H,65,82)(H,66,80)(H,67,83)(H,68,84)(H,69,81)(H,70,86)(H,71,85)(H,72,88)(H,73,87)(H,75,76)(H,77,78)/t37-,38-,39-,40-,41-,42-,43-,44-,45-,49-/m0/s1. The van der Waals surface area contributed by atoms with Crippen molar-refractivity contribution < 1.29 is 72.5 Å². The summed E-state index contributed by atoms with van der Waals surface area (Å²) < 4.78 is 0. The van der Waals surface area contributed by atoms with Crippen LogP contribution in [0.25, 0.3) is 0 Å². The lowest BCUT2D eigenvalue weighted by Crippen LogP contribution is -2.61. The fraction of sp³-hybridized carbons (Fsp3) is 0.678. The summed E-state index contributed by atoms with van der Waals surface area (Å²) in [7, 11) is 0. The summed E-state index contributed by atoms with van der Waals surface area (Å²) in [5, 5.41) is 42.2. The molecule has 88 heavy (non-hydrogen) atoms. The monoisotopic (exact) mass is 1240 g/mol. The summed E-state index contributed by atoms with van der Waals surface area (Å²) in [4.78, 5) is 173. The molecule has 0 aliphatic rings. The Kier molecular flexibility index (Phi) is 36.8. The summed E-state index contributed by atoms with van der Waals surface area (Å²) in [6, 6.07) is -4.92. The lowest BCUT2D eigenvalue weighted by molar-refractivity contribution is -0.139. The van der Waals surface area contributed by atoms with Crippen LogP contribution < -0.4 is 76.5 Å². The third kappa shape index (κ3) is 31.7. The molecule has 1 aromatic rings. The van der Waals surface area contributed by atoms with Crippen molar-refractivity contribution in [1.29, 1.82) is 0 Å². The molecule has 0 saturated heterocycles. The fourth-order valence-corrected chi connectivity index (χ4v) is 9.18. The second-order valence-electron chi connectivity index (χ2n) is 23.7. The van der Waals surface area contributed by atoms with E-state index in [1.54, 1.807) is 85.7 Å². The Morgan fingerprint density at radius 1 is 0.398 bits per heavy atom. The van der Waals surface area contributed by atoms with Crippen LogP contribution in [-0.4, -0.2) is 161 Å². The molecule has 0 unspecified atom stereocenters. The van der Waals surface area contributed by atoms with Gasteiger partial charge in [-0.15, -0.1) is 0 Å². The van der Waals surface area contributed by atoms with Gasteiger partial charge in [-0.1, -0.05) is 92.1 Å². The predicted octanol–water partition coefficient (Wildman–Crippen LogP) is -1.55. The zero-order valence-corrected chi connectivity index (χ0v) is 52.3. The van der Waals surface area contributed by atoms with Gasteiger partial charge in [-0.05, 0) is 113 Å². The number of hydrogen-bond donors (Lipinski definition) is 16. The summed E-state index contributed by atoms with van der Waals surface area (Å²) >= 11 is 0. The molecule has 21 N–H and O–H groups in total. The molecule has 0 aliphatic heterocycles. The summed E-state index contributed by atoms with van der Waals surface area (Å²) in [5.41, 5.74) is 28.8. The molecule has 0 bridgehead atoms. The van der Waals surface area contributed by atoms with Crippen LogP contribution in [0.3, 0.4) is 0 Å². The minimum atomic E-state index is -1.60. The average molecular weight is 1250 g/mol. The summed E-state index contributed by atoms with van der Waals surface area (Å²) in [6.45, 7) is 14.6. The van der Waals surface area contributed by atoms with E-state index in [1.807, 2.05) is 0 Å². The van der Waals surface area contributed by atoms with Gasteiger partial charge in [0.1, 0.15) is 54.4 Å². The Morgan fingerprint density at radius 2 is 0.739 bits per heavy atom. The number of hydrogen-bond acceptors (Lipinski definition) is 16. The molecule has 29 nitrogen and oxygen atoms in total. The molecule has 0 spiro atoms. The van der Waals surface area contributed by atoms with Gasteiger partial charge in [0.25, 0.3) is 0 Å². The van der Waals surface area contributed by atoms with Gasteiger partial charge in [-0.2, -0.15) is 0 Å². The quantitative estimate of drug-likeness (QED) is 0.0329. The maximum atomic E-state index is 14.5. The molecule has 29 heteroatoms. The summed E-state index contributed by atoms with van der Waals surface area (Å²) in [6.07, 6.45) is -0.331. The zero-order valence-electron chi connectivity index (χ0n) is 52.3. The molecule has 0 aromatic heterocycles. The number of carbonyl (C=O) groups excluding carboxylic acids is 11. The van der Waals surface area contributed by atoms with Crippen LogP contribution in [0.4, 0.5) is 0 Å². The number of primary amides is 2. The third-order valence-corrected chi connectivity index (χ3v) is 14.0. The van der Waals surface area contributed by atoms with Gasteiger partial charge in [0, 0.05) is 25.7 Å². The maximum absolute atomic E-state index is 14.5. The van der Waals surface area contributed by atoms with E-state index >= 15 is 0 Å². The maximum Gasteiger partial charge on any atom is 0.303 e. The van der Waals surface area contributed by atoms with E-state index < -0.39 is 169 Å². The number of nitrogens with two attached hydrogens (primary N) is 5. The lowest BCUT2D eigenvalue weighted by atomic mass is 9.97. The number of carboxylic acid groups (broad SMARTS) is 2. The molecule has 1 aromatic carbocycles. The number of benzene rings is 1. The minimum absolute atomic E-state index is 0.0334. The molecule has 0 radical (unpaired) electrons. The van der Waals surface area contributed by atoms with Crippen LogP contribution in [-0.2, 0) is 68.7 Å². The topological polar surface area (TPSA) is 501 Å². The molecule has 11 amide bonds. The number of amides is 11. The van der Waals surface area contributed by atoms with Gasteiger partial charge in [-0.25, -0.2) is 0 Å². The van der Waals surface area contributed by atoms with Gasteiger partial charge in [0.2, 0.25) is 65.0 Å².